The summed E-state index contributed by atoms with van der Waals surface area (Å²) < 4.78 is 0. The Kier molecular flexibility index (Phi) is 3.67. The molecule has 3 nitrogen and oxygen atoms in total. The van der Waals surface area contributed by atoms with Gasteiger partial charge in [0.25, 0.3) is 0 Å². The minimum atomic E-state index is 0.226. The average molecular weight is 231 g/mol. The summed E-state index contributed by atoms with van der Waals surface area (Å²) in [5.41, 5.74) is 13.6. The van der Waals surface area contributed by atoms with E-state index < -0.39 is 0 Å². The van der Waals surface area contributed by atoms with Gasteiger partial charge in [0.05, 0.1) is 6.04 Å². The Labute approximate surface area is 103 Å². The van der Waals surface area contributed by atoms with Crippen molar-refractivity contribution in [1.82, 2.24) is 0 Å². The quantitative estimate of drug-likeness (QED) is 0.606. The van der Waals surface area contributed by atoms with Crippen molar-refractivity contribution < 1.29 is 0 Å². The van der Waals surface area contributed by atoms with Crippen molar-refractivity contribution in [2.75, 3.05) is 0 Å². The summed E-state index contributed by atoms with van der Waals surface area (Å²) in [5.74, 6) is 0.907. The molecular weight excluding hydrogens is 210 g/mol. The van der Waals surface area contributed by atoms with Gasteiger partial charge in [-0.2, -0.15) is 0 Å². The van der Waals surface area contributed by atoms with Crippen LogP contribution in [-0.2, 0) is 0 Å². The van der Waals surface area contributed by atoms with Gasteiger partial charge in [0.15, 0.2) is 5.96 Å². The first-order chi connectivity index (χ1) is 8.15. The van der Waals surface area contributed by atoms with E-state index >= 15 is 0 Å². The Morgan fingerprint density at radius 2 is 1.65 bits per heavy atom. The number of nitrogens with two attached hydrogens (primary N) is 2. The molecule has 1 aliphatic rings. The summed E-state index contributed by atoms with van der Waals surface area (Å²) in [6.07, 6.45) is 4.56. The molecule has 92 valence electrons. The van der Waals surface area contributed by atoms with Gasteiger partial charge in [0, 0.05) is 0 Å². The molecule has 0 spiro atoms. The molecular formula is C14H21N3. The Balaban J connectivity index is 1.95. The highest BCUT2D eigenvalue weighted by Gasteiger charge is 2.21. The minimum Gasteiger partial charge on any atom is -0.370 e. The van der Waals surface area contributed by atoms with Gasteiger partial charge in [-0.1, -0.05) is 29.8 Å². The molecule has 0 aromatic heterocycles. The lowest BCUT2D eigenvalue weighted by molar-refractivity contribution is 0.397. The van der Waals surface area contributed by atoms with Crippen LogP contribution in [0, 0.1) is 6.92 Å². The van der Waals surface area contributed by atoms with Crippen LogP contribution in [0.4, 0.5) is 0 Å². The van der Waals surface area contributed by atoms with E-state index in [0.29, 0.717) is 12.0 Å². The zero-order chi connectivity index (χ0) is 12.3. The topological polar surface area (TPSA) is 64.4 Å². The number of aliphatic imine (C=N–C) groups is 1. The van der Waals surface area contributed by atoms with E-state index in [2.05, 4.69) is 36.2 Å². The van der Waals surface area contributed by atoms with Crippen LogP contribution < -0.4 is 11.5 Å². The second-order valence-electron chi connectivity index (χ2n) is 4.97. The maximum Gasteiger partial charge on any atom is 0.186 e. The van der Waals surface area contributed by atoms with Gasteiger partial charge in [0.1, 0.15) is 0 Å². The first-order valence-corrected chi connectivity index (χ1v) is 6.30. The van der Waals surface area contributed by atoms with E-state index in [0.717, 1.165) is 12.8 Å². The number of rotatable bonds is 2. The SMILES string of the molecule is Cc1ccc(C2CCC(N=C(N)N)CC2)cc1. The van der Waals surface area contributed by atoms with Gasteiger partial charge < -0.3 is 11.5 Å². The van der Waals surface area contributed by atoms with Crippen LogP contribution in [0.3, 0.4) is 0 Å². The molecule has 0 saturated heterocycles. The van der Waals surface area contributed by atoms with Crippen LogP contribution in [0.5, 0.6) is 0 Å². The number of aryl methyl sites for hydroxylation is 1. The van der Waals surface area contributed by atoms with E-state index in [1.54, 1.807) is 0 Å². The normalized spacial score (nSPS) is 24.3. The standard InChI is InChI=1S/C14H21N3/c1-10-2-4-11(5-3-10)12-6-8-13(9-7-12)17-14(15)16/h2-5,12-13H,6-9H2,1H3,(H4,15,16,17). The summed E-state index contributed by atoms with van der Waals surface area (Å²) in [5, 5.41) is 0. The third-order valence-electron chi connectivity index (χ3n) is 3.58. The number of benzene rings is 1. The van der Waals surface area contributed by atoms with E-state index in [-0.39, 0.29) is 5.96 Å². The lowest BCUT2D eigenvalue weighted by atomic mass is 9.82. The van der Waals surface area contributed by atoms with Gasteiger partial charge in [-0.25, -0.2) is 0 Å². The minimum absolute atomic E-state index is 0.226. The van der Waals surface area contributed by atoms with Gasteiger partial charge in [-0.15, -0.1) is 0 Å². The van der Waals surface area contributed by atoms with Crippen LogP contribution >= 0.6 is 0 Å². The predicted molar refractivity (Wildman–Crippen MR) is 72.0 cm³/mol. The number of nitrogens with zero attached hydrogens (tertiary/aromatic N) is 1. The van der Waals surface area contributed by atoms with Crippen LogP contribution in [0.1, 0.15) is 42.7 Å². The van der Waals surface area contributed by atoms with Crippen molar-refractivity contribution in [2.45, 2.75) is 44.6 Å². The van der Waals surface area contributed by atoms with Gasteiger partial charge in [-0.3, -0.25) is 4.99 Å². The maximum absolute atomic E-state index is 5.41. The monoisotopic (exact) mass is 231 g/mol. The molecule has 0 unspecified atom stereocenters. The first-order valence-electron chi connectivity index (χ1n) is 6.30. The Hall–Kier alpha value is -1.51. The number of hydrogen-bond acceptors (Lipinski definition) is 1. The highest BCUT2D eigenvalue weighted by Crippen LogP contribution is 2.33. The third-order valence-corrected chi connectivity index (χ3v) is 3.58. The summed E-state index contributed by atoms with van der Waals surface area (Å²) in [7, 11) is 0. The van der Waals surface area contributed by atoms with Crippen LogP contribution in [0.15, 0.2) is 29.3 Å². The molecule has 2 rings (SSSR count). The van der Waals surface area contributed by atoms with Crippen LogP contribution in [0.25, 0.3) is 0 Å². The van der Waals surface area contributed by atoms with E-state index in [4.69, 9.17) is 11.5 Å². The Morgan fingerprint density at radius 1 is 1.06 bits per heavy atom. The van der Waals surface area contributed by atoms with Gasteiger partial charge >= 0.3 is 0 Å². The molecule has 1 saturated carbocycles. The fourth-order valence-corrected chi connectivity index (χ4v) is 2.59. The van der Waals surface area contributed by atoms with Crippen molar-refractivity contribution in [3.63, 3.8) is 0 Å². The summed E-state index contributed by atoms with van der Waals surface area (Å²) >= 11 is 0. The smallest absolute Gasteiger partial charge is 0.186 e. The lowest BCUT2D eigenvalue weighted by Crippen LogP contribution is -2.27. The highest BCUT2D eigenvalue weighted by atomic mass is 15.0. The summed E-state index contributed by atoms with van der Waals surface area (Å²) in [4.78, 5) is 4.25. The lowest BCUT2D eigenvalue weighted by Gasteiger charge is -2.26. The van der Waals surface area contributed by atoms with E-state index in [9.17, 15) is 0 Å². The fraction of sp³-hybridized carbons (Fsp3) is 0.500. The largest absolute Gasteiger partial charge is 0.370 e. The first kappa shape index (κ1) is 12.0. The number of hydrogen-bond donors (Lipinski definition) is 2. The van der Waals surface area contributed by atoms with Crippen LogP contribution in [0.2, 0.25) is 0 Å². The fourth-order valence-electron chi connectivity index (χ4n) is 2.59. The molecule has 0 amide bonds. The second-order valence-corrected chi connectivity index (χ2v) is 4.97. The molecule has 0 atom stereocenters. The van der Waals surface area contributed by atoms with Crippen LogP contribution in [-0.4, -0.2) is 12.0 Å². The zero-order valence-electron chi connectivity index (χ0n) is 10.4. The molecule has 17 heavy (non-hydrogen) atoms. The molecule has 1 aromatic carbocycles. The molecule has 0 bridgehead atoms. The van der Waals surface area contributed by atoms with Gasteiger partial charge in [0.2, 0.25) is 0 Å². The third kappa shape index (κ3) is 3.22. The Morgan fingerprint density at radius 3 is 2.18 bits per heavy atom. The molecule has 1 aliphatic carbocycles. The molecule has 0 radical (unpaired) electrons. The van der Waals surface area contributed by atoms with Gasteiger partial charge in [-0.05, 0) is 44.1 Å². The Bertz CT molecular complexity index is 382. The highest BCUT2D eigenvalue weighted by molar-refractivity contribution is 5.75. The number of guanidine groups is 1. The zero-order valence-corrected chi connectivity index (χ0v) is 10.4. The molecule has 1 fully saturated rings. The van der Waals surface area contributed by atoms with E-state index in [1.165, 1.54) is 24.0 Å². The molecule has 0 aliphatic heterocycles. The molecule has 1 aromatic rings. The molecule has 4 N–H and O–H groups in total. The summed E-state index contributed by atoms with van der Waals surface area (Å²) in [6.45, 7) is 2.12. The van der Waals surface area contributed by atoms with Crippen molar-refractivity contribution in [1.29, 1.82) is 0 Å². The predicted octanol–water partition coefficient (Wildman–Crippen LogP) is 2.29. The summed E-state index contributed by atoms with van der Waals surface area (Å²) in [6, 6.07) is 9.22. The van der Waals surface area contributed by atoms with Crippen molar-refractivity contribution in [3.05, 3.63) is 35.4 Å². The average Bonchev–Trinajstić information content (AvgIpc) is 2.30. The van der Waals surface area contributed by atoms with Crippen molar-refractivity contribution in [3.8, 4) is 0 Å². The molecule has 0 heterocycles. The molecule has 3 heteroatoms. The maximum atomic E-state index is 5.41. The van der Waals surface area contributed by atoms with Crippen molar-refractivity contribution >= 4 is 5.96 Å². The van der Waals surface area contributed by atoms with Crippen molar-refractivity contribution in [2.24, 2.45) is 16.5 Å². The second kappa shape index (κ2) is 5.21. The van der Waals surface area contributed by atoms with E-state index in [1.807, 2.05) is 0 Å².